The fourth-order valence-corrected chi connectivity index (χ4v) is 3.58. The highest BCUT2D eigenvalue weighted by molar-refractivity contribution is 8.26. The van der Waals surface area contributed by atoms with Crippen LogP contribution in [0.4, 0.5) is 0 Å². The molecule has 4 rings (SSSR count). The molecule has 2 aromatic rings. The zero-order chi connectivity index (χ0) is 15.6. The third kappa shape index (κ3) is 2.82. The van der Waals surface area contributed by atoms with Gasteiger partial charge in [-0.1, -0.05) is 24.3 Å². The SMILES string of the molecule is Cc1ccccc1CN=C1NN2C(=NCC2c2ccncc2)S1. The Bertz CT molecular complexity index is 772. The predicted molar refractivity (Wildman–Crippen MR) is 94.2 cm³/mol. The number of nitrogens with one attached hydrogen (secondary N) is 1. The summed E-state index contributed by atoms with van der Waals surface area (Å²) >= 11 is 1.60. The predicted octanol–water partition coefficient (Wildman–Crippen LogP) is 2.91. The Morgan fingerprint density at radius 3 is 2.91 bits per heavy atom. The second-order valence-electron chi connectivity index (χ2n) is 5.55. The van der Waals surface area contributed by atoms with Crippen molar-refractivity contribution in [2.75, 3.05) is 6.54 Å². The summed E-state index contributed by atoms with van der Waals surface area (Å²) in [6.45, 7) is 3.57. The van der Waals surface area contributed by atoms with E-state index in [0.717, 1.165) is 16.9 Å². The van der Waals surface area contributed by atoms with Gasteiger partial charge in [0.25, 0.3) is 0 Å². The minimum absolute atomic E-state index is 0.215. The minimum Gasteiger partial charge on any atom is -0.274 e. The molecule has 1 N–H and O–H groups in total. The molecule has 1 saturated heterocycles. The van der Waals surface area contributed by atoms with E-state index in [0.29, 0.717) is 6.54 Å². The highest BCUT2D eigenvalue weighted by Crippen LogP contribution is 2.32. The Balaban J connectivity index is 1.49. The highest BCUT2D eigenvalue weighted by Gasteiger charge is 2.36. The first kappa shape index (κ1) is 14.3. The second-order valence-corrected chi connectivity index (χ2v) is 6.51. The molecular formula is C17H17N5S. The Kier molecular flexibility index (Phi) is 3.75. The Morgan fingerprint density at radius 1 is 1.26 bits per heavy atom. The number of hydrogen-bond acceptors (Lipinski definition) is 5. The van der Waals surface area contributed by atoms with E-state index in [1.165, 1.54) is 16.7 Å². The summed E-state index contributed by atoms with van der Waals surface area (Å²) in [5, 5.41) is 4.01. The molecule has 2 aliphatic heterocycles. The van der Waals surface area contributed by atoms with Gasteiger partial charge in [0.05, 0.1) is 19.1 Å². The van der Waals surface area contributed by atoms with Crippen molar-refractivity contribution in [2.45, 2.75) is 19.5 Å². The number of fused-ring (bicyclic) bond motifs is 1. The van der Waals surface area contributed by atoms with Crippen molar-refractivity contribution in [3.05, 3.63) is 65.5 Å². The van der Waals surface area contributed by atoms with Crippen LogP contribution in [0.2, 0.25) is 0 Å². The number of thioether (sulfide) groups is 1. The molecule has 3 heterocycles. The summed E-state index contributed by atoms with van der Waals surface area (Å²) in [7, 11) is 0. The molecule has 1 fully saturated rings. The van der Waals surface area contributed by atoms with E-state index < -0.39 is 0 Å². The van der Waals surface area contributed by atoms with E-state index in [1.807, 2.05) is 24.5 Å². The molecule has 0 radical (unpaired) electrons. The van der Waals surface area contributed by atoms with Crippen LogP contribution in [-0.2, 0) is 6.54 Å². The lowest BCUT2D eigenvalue weighted by Crippen LogP contribution is -2.37. The van der Waals surface area contributed by atoms with Crippen LogP contribution in [0.1, 0.15) is 22.7 Å². The topological polar surface area (TPSA) is 52.9 Å². The molecule has 0 saturated carbocycles. The summed E-state index contributed by atoms with van der Waals surface area (Å²) in [4.78, 5) is 13.4. The van der Waals surface area contributed by atoms with Crippen LogP contribution in [0.25, 0.3) is 0 Å². The minimum atomic E-state index is 0.215. The van der Waals surface area contributed by atoms with Crippen LogP contribution in [0.15, 0.2) is 58.8 Å². The number of amidine groups is 2. The fraction of sp³-hybridized carbons (Fsp3) is 0.235. The van der Waals surface area contributed by atoms with Crippen molar-refractivity contribution in [1.82, 2.24) is 15.4 Å². The van der Waals surface area contributed by atoms with Crippen LogP contribution < -0.4 is 5.43 Å². The molecule has 0 amide bonds. The summed E-state index contributed by atoms with van der Waals surface area (Å²) in [5.74, 6) is 0. The van der Waals surface area contributed by atoms with Gasteiger partial charge in [-0.25, -0.2) is 0 Å². The summed E-state index contributed by atoms with van der Waals surface area (Å²) in [6, 6.07) is 12.6. The van der Waals surface area contributed by atoms with Crippen molar-refractivity contribution in [3.63, 3.8) is 0 Å². The van der Waals surface area contributed by atoms with Gasteiger partial charge < -0.3 is 0 Å². The van der Waals surface area contributed by atoms with Gasteiger partial charge in [0.15, 0.2) is 10.3 Å². The molecule has 6 heteroatoms. The average molecular weight is 323 g/mol. The van der Waals surface area contributed by atoms with Crippen LogP contribution >= 0.6 is 11.8 Å². The van der Waals surface area contributed by atoms with Crippen LogP contribution in [0.5, 0.6) is 0 Å². The normalized spacial score (nSPS) is 21.3. The van der Waals surface area contributed by atoms with E-state index in [9.17, 15) is 0 Å². The Hall–Kier alpha value is -2.34. The van der Waals surface area contributed by atoms with Gasteiger partial charge in [-0.3, -0.25) is 25.4 Å². The maximum Gasteiger partial charge on any atom is 0.186 e. The second kappa shape index (κ2) is 6.04. The number of rotatable bonds is 3. The molecule has 5 nitrogen and oxygen atoms in total. The van der Waals surface area contributed by atoms with Gasteiger partial charge in [-0.05, 0) is 47.5 Å². The number of aliphatic imine (C=N–C) groups is 2. The number of aryl methyl sites for hydroxylation is 1. The standard InChI is InChI=1S/C17H17N5S/c1-12-4-2-3-5-14(12)10-19-16-21-22-15(11-20-17(22)23-16)13-6-8-18-9-7-13/h2-9,15H,10-11H2,1H3,(H,19,21). The third-order valence-electron chi connectivity index (χ3n) is 4.07. The van der Waals surface area contributed by atoms with Crippen molar-refractivity contribution in [2.24, 2.45) is 9.98 Å². The number of pyridine rings is 1. The molecule has 1 aromatic heterocycles. The Morgan fingerprint density at radius 2 is 2.09 bits per heavy atom. The molecular weight excluding hydrogens is 306 g/mol. The lowest BCUT2D eigenvalue weighted by atomic mass is 10.1. The molecule has 2 aliphatic rings. The molecule has 0 bridgehead atoms. The summed E-state index contributed by atoms with van der Waals surface area (Å²) in [6.07, 6.45) is 3.65. The van der Waals surface area contributed by atoms with E-state index in [-0.39, 0.29) is 6.04 Å². The fourth-order valence-electron chi connectivity index (χ4n) is 2.73. The number of nitrogens with zero attached hydrogens (tertiary/aromatic N) is 4. The number of aromatic nitrogens is 1. The zero-order valence-electron chi connectivity index (χ0n) is 12.8. The molecule has 116 valence electrons. The monoisotopic (exact) mass is 323 g/mol. The van der Waals surface area contributed by atoms with Gasteiger partial charge in [0.2, 0.25) is 0 Å². The quantitative estimate of drug-likeness (QED) is 0.943. The van der Waals surface area contributed by atoms with E-state index >= 15 is 0 Å². The van der Waals surface area contributed by atoms with Gasteiger partial charge in [-0.2, -0.15) is 0 Å². The summed E-state index contributed by atoms with van der Waals surface area (Å²) < 4.78 is 0. The molecule has 0 spiro atoms. The zero-order valence-corrected chi connectivity index (χ0v) is 13.6. The van der Waals surface area contributed by atoms with Gasteiger partial charge in [0, 0.05) is 12.4 Å². The maximum absolute atomic E-state index is 4.70. The number of benzene rings is 1. The highest BCUT2D eigenvalue weighted by atomic mass is 32.2. The Labute approximate surface area is 139 Å². The van der Waals surface area contributed by atoms with E-state index in [1.54, 1.807) is 11.8 Å². The van der Waals surface area contributed by atoms with Crippen molar-refractivity contribution >= 4 is 22.1 Å². The van der Waals surface area contributed by atoms with E-state index in [2.05, 4.69) is 51.6 Å². The first-order valence-electron chi connectivity index (χ1n) is 7.58. The van der Waals surface area contributed by atoms with Crippen LogP contribution in [0, 0.1) is 6.92 Å². The van der Waals surface area contributed by atoms with E-state index in [4.69, 9.17) is 4.99 Å². The van der Waals surface area contributed by atoms with Crippen molar-refractivity contribution in [3.8, 4) is 0 Å². The maximum atomic E-state index is 4.70. The average Bonchev–Trinajstić information content (AvgIpc) is 3.15. The van der Waals surface area contributed by atoms with Gasteiger partial charge in [-0.15, -0.1) is 0 Å². The van der Waals surface area contributed by atoms with Crippen molar-refractivity contribution < 1.29 is 0 Å². The van der Waals surface area contributed by atoms with Crippen LogP contribution in [0.3, 0.4) is 0 Å². The van der Waals surface area contributed by atoms with Crippen molar-refractivity contribution in [1.29, 1.82) is 0 Å². The smallest absolute Gasteiger partial charge is 0.186 e. The molecule has 1 atom stereocenters. The number of hydrogen-bond donors (Lipinski definition) is 1. The third-order valence-corrected chi connectivity index (χ3v) is 4.99. The largest absolute Gasteiger partial charge is 0.274 e. The summed E-state index contributed by atoms with van der Waals surface area (Å²) in [5.41, 5.74) is 7.12. The lowest BCUT2D eigenvalue weighted by Gasteiger charge is -2.22. The first-order valence-corrected chi connectivity index (χ1v) is 8.40. The van der Waals surface area contributed by atoms with Crippen LogP contribution in [-0.4, -0.2) is 26.9 Å². The molecule has 1 aromatic carbocycles. The molecule has 23 heavy (non-hydrogen) atoms. The molecule has 1 unspecified atom stereocenters. The molecule has 0 aliphatic carbocycles. The van der Waals surface area contributed by atoms with Gasteiger partial charge >= 0.3 is 0 Å². The first-order chi connectivity index (χ1) is 11.3. The number of hydrazine groups is 1. The lowest BCUT2D eigenvalue weighted by molar-refractivity contribution is 0.322. The van der Waals surface area contributed by atoms with Gasteiger partial charge in [0.1, 0.15) is 0 Å².